The Morgan fingerprint density at radius 1 is 1.12 bits per heavy atom. The Hall–Kier alpha value is -1.84. The molecule has 2 heterocycles. The van der Waals surface area contributed by atoms with E-state index in [0.29, 0.717) is 12.7 Å². The van der Waals surface area contributed by atoms with E-state index in [1.165, 1.54) is 12.8 Å². The number of nitrogens with zero attached hydrogens (tertiary/aromatic N) is 2. The van der Waals surface area contributed by atoms with Gasteiger partial charge in [-0.15, -0.1) is 0 Å². The second-order valence-electron chi connectivity index (χ2n) is 4.27. The highest BCUT2D eigenvalue weighted by atomic mass is 16.7. The van der Waals surface area contributed by atoms with Gasteiger partial charge in [-0.25, -0.2) is 9.97 Å². The van der Waals surface area contributed by atoms with Gasteiger partial charge in [0.2, 0.25) is 6.79 Å². The Labute approximate surface area is 92.2 Å². The van der Waals surface area contributed by atoms with E-state index < -0.39 is 0 Å². The summed E-state index contributed by atoms with van der Waals surface area (Å²) >= 11 is 0. The van der Waals surface area contributed by atoms with Crippen LogP contribution in [0.3, 0.4) is 0 Å². The van der Waals surface area contributed by atoms with Crippen LogP contribution in [0.15, 0.2) is 18.3 Å². The first-order chi connectivity index (χ1) is 7.90. The highest BCUT2D eigenvalue weighted by molar-refractivity contribution is 5.82. The lowest BCUT2D eigenvalue weighted by Crippen LogP contribution is -1.92. The lowest BCUT2D eigenvalue weighted by molar-refractivity contribution is 0.174. The summed E-state index contributed by atoms with van der Waals surface area (Å²) in [7, 11) is 0. The van der Waals surface area contributed by atoms with Crippen LogP contribution in [0, 0.1) is 0 Å². The number of aromatic nitrogens is 2. The number of fused-ring (bicyclic) bond motifs is 2. The molecule has 1 aliphatic heterocycles. The van der Waals surface area contributed by atoms with Crippen LogP contribution < -0.4 is 9.47 Å². The van der Waals surface area contributed by atoms with Crippen LogP contribution in [0.5, 0.6) is 11.5 Å². The molecule has 0 radical (unpaired) electrons. The molecule has 0 spiro atoms. The average Bonchev–Trinajstić information content (AvgIpc) is 3.06. The number of rotatable bonds is 1. The molecule has 80 valence electrons. The van der Waals surface area contributed by atoms with E-state index in [9.17, 15) is 0 Å². The van der Waals surface area contributed by atoms with Crippen LogP contribution in [-0.2, 0) is 0 Å². The van der Waals surface area contributed by atoms with Crippen molar-refractivity contribution in [3.63, 3.8) is 0 Å². The fraction of sp³-hybridized carbons (Fsp3) is 0.333. The van der Waals surface area contributed by atoms with E-state index in [4.69, 9.17) is 9.47 Å². The summed E-state index contributed by atoms with van der Waals surface area (Å²) in [4.78, 5) is 8.95. The average molecular weight is 214 g/mol. The van der Waals surface area contributed by atoms with E-state index in [0.717, 1.165) is 28.2 Å². The predicted molar refractivity (Wildman–Crippen MR) is 57.6 cm³/mol. The molecule has 16 heavy (non-hydrogen) atoms. The highest BCUT2D eigenvalue weighted by Gasteiger charge is 2.26. The van der Waals surface area contributed by atoms with Crippen LogP contribution >= 0.6 is 0 Å². The van der Waals surface area contributed by atoms with E-state index in [2.05, 4.69) is 9.97 Å². The number of benzene rings is 1. The van der Waals surface area contributed by atoms with E-state index in [1.54, 1.807) is 0 Å². The van der Waals surface area contributed by atoms with Gasteiger partial charge in [0, 0.05) is 23.6 Å². The second-order valence-corrected chi connectivity index (χ2v) is 4.27. The molecule has 4 nitrogen and oxygen atoms in total. The zero-order chi connectivity index (χ0) is 10.5. The zero-order valence-electron chi connectivity index (χ0n) is 8.64. The van der Waals surface area contributed by atoms with Crippen molar-refractivity contribution in [3.8, 4) is 11.5 Å². The highest BCUT2D eigenvalue weighted by Crippen LogP contribution is 2.40. The number of hydrogen-bond acceptors (Lipinski definition) is 4. The Bertz CT molecular complexity index is 578. The van der Waals surface area contributed by atoms with Crippen molar-refractivity contribution in [2.45, 2.75) is 18.8 Å². The van der Waals surface area contributed by atoms with Crippen LogP contribution in [0.2, 0.25) is 0 Å². The fourth-order valence-corrected chi connectivity index (χ4v) is 1.97. The molecular formula is C12H10N2O2. The van der Waals surface area contributed by atoms with Crippen molar-refractivity contribution in [1.82, 2.24) is 9.97 Å². The van der Waals surface area contributed by atoms with Crippen LogP contribution in [0.1, 0.15) is 24.6 Å². The van der Waals surface area contributed by atoms with Crippen molar-refractivity contribution in [3.05, 3.63) is 24.2 Å². The van der Waals surface area contributed by atoms with Crippen molar-refractivity contribution in [2.75, 3.05) is 6.79 Å². The minimum Gasteiger partial charge on any atom is -0.454 e. The van der Waals surface area contributed by atoms with Gasteiger partial charge in [0.05, 0.1) is 5.52 Å². The third kappa shape index (κ3) is 1.16. The molecule has 2 aromatic rings. The topological polar surface area (TPSA) is 44.2 Å². The van der Waals surface area contributed by atoms with Crippen LogP contribution in [0.25, 0.3) is 10.9 Å². The monoisotopic (exact) mass is 214 g/mol. The van der Waals surface area contributed by atoms with Gasteiger partial charge in [0.1, 0.15) is 5.82 Å². The third-order valence-corrected chi connectivity index (χ3v) is 3.04. The van der Waals surface area contributed by atoms with E-state index in [1.807, 2.05) is 18.3 Å². The second kappa shape index (κ2) is 2.84. The molecule has 1 fully saturated rings. The summed E-state index contributed by atoms with van der Waals surface area (Å²) in [6.07, 6.45) is 4.31. The van der Waals surface area contributed by atoms with Crippen molar-refractivity contribution < 1.29 is 9.47 Å². The van der Waals surface area contributed by atoms with E-state index in [-0.39, 0.29) is 0 Å². The molecule has 1 aromatic heterocycles. The van der Waals surface area contributed by atoms with Crippen molar-refractivity contribution in [1.29, 1.82) is 0 Å². The minimum absolute atomic E-state index is 0.300. The molecule has 1 aromatic carbocycles. The minimum atomic E-state index is 0.300. The summed E-state index contributed by atoms with van der Waals surface area (Å²) < 4.78 is 10.7. The van der Waals surface area contributed by atoms with Gasteiger partial charge < -0.3 is 9.47 Å². The molecule has 0 amide bonds. The van der Waals surface area contributed by atoms with Crippen LogP contribution in [0.4, 0.5) is 0 Å². The fourth-order valence-electron chi connectivity index (χ4n) is 1.97. The summed E-state index contributed by atoms with van der Waals surface area (Å²) in [5, 5.41) is 1.01. The zero-order valence-corrected chi connectivity index (χ0v) is 8.64. The molecule has 1 saturated carbocycles. The number of hydrogen-bond donors (Lipinski definition) is 0. The molecule has 0 N–H and O–H groups in total. The summed E-state index contributed by atoms with van der Waals surface area (Å²) in [5.74, 6) is 3.12. The Balaban J connectivity index is 1.93. The van der Waals surface area contributed by atoms with Gasteiger partial charge in [-0.2, -0.15) is 0 Å². The summed E-state index contributed by atoms with van der Waals surface area (Å²) in [5.41, 5.74) is 0.946. The Morgan fingerprint density at radius 2 is 1.94 bits per heavy atom. The largest absolute Gasteiger partial charge is 0.454 e. The molecule has 0 atom stereocenters. The smallest absolute Gasteiger partial charge is 0.231 e. The first-order valence-corrected chi connectivity index (χ1v) is 5.46. The molecule has 0 unspecified atom stereocenters. The molecular weight excluding hydrogens is 204 g/mol. The maximum Gasteiger partial charge on any atom is 0.231 e. The summed E-state index contributed by atoms with van der Waals surface area (Å²) in [6.45, 7) is 0.300. The van der Waals surface area contributed by atoms with Gasteiger partial charge in [-0.3, -0.25) is 0 Å². The van der Waals surface area contributed by atoms with Gasteiger partial charge in [-0.05, 0) is 18.9 Å². The molecule has 0 bridgehead atoms. The first kappa shape index (κ1) is 8.33. The lowest BCUT2D eigenvalue weighted by atomic mass is 10.2. The third-order valence-electron chi connectivity index (χ3n) is 3.04. The Kier molecular flexibility index (Phi) is 1.48. The maximum absolute atomic E-state index is 5.34. The molecule has 2 aliphatic rings. The summed E-state index contributed by atoms with van der Waals surface area (Å²) in [6, 6.07) is 3.87. The maximum atomic E-state index is 5.34. The standard InChI is InChI=1S/C12H10N2O2/c1-2-7(1)12-13-5-8-3-10-11(16-6-15-10)4-9(8)14-12/h3-5,7H,1-2,6H2. The quantitative estimate of drug-likeness (QED) is 0.730. The first-order valence-electron chi connectivity index (χ1n) is 5.46. The molecule has 4 heteroatoms. The molecule has 0 saturated heterocycles. The van der Waals surface area contributed by atoms with Crippen LogP contribution in [-0.4, -0.2) is 16.8 Å². The van der Waals surface area contributed by atoms with Gasteiger partial charge in [0.25, 0.3) is 0 Å². The Morgan fingerprint density at radius 3 is 2.75 bits per heavy atom. The van der Waals surface area contributed by atoms with Crippen molar-refractivity contribution in [2.24, 2.45) is 0 Å². The molecule has 1 aliphatic carbocycles. The van der Waals surface area contributed by atoms with E-state index >= 15 is 0 Å². The van der Waals surface area contributed by atoms with Crippen molar-refractivity contribution >= 4 is 10.9 Å². The van der Waals surface area contributed by atoms with Gasteiger partial charge >= 0.3 is 0 Å². The van der Waals surface area contributed by atoms with Gasteiger partial charge in [0.15, 0.2) is 11.5 Å². The predicted octanol–water partition coefficient (Wildman–Crippen LogP) is 2.24. The molecule has 4 rings (SSSR count). The van der Waals surface area contributed by atoms with Gasteiger partial charge in [-0.1, -0.05) is 0 Å². The SMILES string of the molecule is c1nc(C2CC2)nc2cc3c(cc12)OCO3. The lowest BCUT2D eigenvalue weighted by Gasteiger charge is -2.02. The number of ether oxygens (including phenoxy) is 2. The normalized spacial score (nSPS) is 18.0.